The van der Waals surface area contributed by atoms with E-state index in [0.29, 0.717) is 0 Å². The van der Waals surface area contributed by atoms with Gasteiger partial charge in [-0.1, -0.05) is 45.2 Å². The second kappa shape index (κ2) is 9.78. The Balaban J connectivity index is 1.82. The highest BCUT2D eigenvalue weighted by Gasteiger charge is 1.96. The summed E-state index contributed by atoms with van der Waals surface area (Å²) in [6, 6.07) is 15.9. The molecule has 0 amide bonds. The second-order valence-corrected chi connectivity index (χ2v) is 5.62. The molecule has 0 aromatic heterocycles. The summed E-state index contributed by atoms with van der Waals surface area (Å²) in [7, 11) is 0. The second-order valence-electron chi connectivity index (χ2n) is 5.62. The standard InChI is InChI=1S/C20H26N2O/c1-3-5-6-7-16-23-20-14-12-19(13-15-20)22-21-18-10-8-17(4-2)9-11-18/h8-15H,3-7,16H2,1-2H3. The van der Waals surface area contributed by atoms with Crippen LogP contribution in [0.3, 0.4) is 0 Å². The number of nitrogens with zero attached hydrogens (tertiary/aromatic N) is 2. The average molecular weight is 310 g/mol. The van der Waals surface area contributed by atoms with Crippen LogP contribution in [-0.4, -0.2) is 6.61 Å². The molecule has 3 nitrogen and oxygen atoms in total. The first kappa shape index (κ1) is 17.2. The van der Waals surface area contributed by atoms with Gasteiger partial charge in [0.05, 0.1) is 18.0 Å². The minimum absolute atomic E-state index is 0.782. The van der Waals surface area contributed by atoms with Crippen LogP contribution in [0.4, 0.5) is 11.4 Å². The molecule has 0 bridgehead atoms. The molecule has 3 heteroatoms. The molecule has 2 aromatic carbocycles. The van der Waals surface area contributed by atoms with Crippen molar-refractivity contribution in [2.45, 2.75) is 46.0 Å². The van der Waals surface area contributed by atoms with Gasteiger partial charge < -0.3 is 4.74 Å². The summed E-state index contributed by atoms with van der Waals surface area (Å²) in [5.74, 6) is 0.896. The van der Waals surface area contributed by atoms with E-state index in [9.17, 15) is 0 Å². The lowest BCUT2D eigenvalue weighted by Crippen LogP contribution is -1.96. The fourth-order valence-corrected chi connectivity index (χ4v) is 2.24. The van der Waals surface area contributed by atoms with Gasteiger partial charge in [-0.2, -0.15) is 10.2 Å². The maximum Gasteiger partial charge on any atom is 0.119 e. The van der Waals surface area contributed by atoms with E-state index in [-0.39, 0.29) is 0 Å². The quantitative estimate of drug-likeness (QED) is 0.378. The van der Waals surface area contributed by atoms with Crippen molar-refractivity contribution < 1.29 is 4.74 Å². The lowest BCUT2D eigenvalue weighted by molar-refractivity contribution is 0.305. The summed E-state index contributed by atoms with van der Waals surface area (Å²) in [5.41, 5.74) is 3.02. The maximum absolute atomic E-state index is 5.72. The molecule has 122 valence electrons. The van der Waals surface area contributed by atoms with Crippen LogP contribution in [0.1, 0.15) is 45.1 Å². The fraction of sp³-hybridized carbons (Fsp3) is 0.400. The minimum atomic E-state index is 0.782. The zero-order chi connectivity index (χ0) is 16.3. The summed E-state index contributed by atoms with van der Waals surface area (Å²) in [6.45, 7) is 5.14. The first-order valence-electron chi connectivity index (χ1n) is 8.55. The van der Waals surface area contributed by atoms with E-state index in [2.05, 4.69) is 36.2 Å². The summed E-state index contributed by atoms with van der Waals surface area (Å²) in [4.78, 5) is 0. The predicted molar refractivity (Wildman–Crippen MR) is 96.1 cm³/mol. The van der Waals surface area contributed by atoms with Crippen molar-refractivity contribution in [1.82, 2.24) is 0 Å². The van der Waals surface area contributed by atoms with Gasteiger partial charge in [0.1, 0.15) is 5.75 Å². The number of aryl methyl sites for hydroxylation is 1. The van der Waals surface area contributed by atoms with Crippen LogP contribution in [0.2, 0.25) is 0 Å². The van der Waals surface area contributed by atoms with Crippen molar-refractivity contribution in [1.29, 1.82) is 0 Å². The zero-order valence-electron chi connectivity index (χ0n) is 14.2. The highest BCUT2D eigenvalue weighted by atomic mass is 16.5. The Morgan fingerprint density at radius 3 is 1.91 bits per heavy atom. The largest absolute Gasteiger partial charge is 0.494 e. The molecule has 0 unspecified atom stereocenters. The maximum atomic E-state index is 5.72. The topological polar surface area (TPSA) is 34.0 Å². The van der Waals surface area contributed by atoms with Gasteiger partial charge in [0.2, 0.25) is 0 Å². The molecule has 0 aliphatic heterocycles. The van der Waals surface area contributed by atoms with Crippen LogP contribution in [0, 0.1) is 0 Å². The molecule has 0 fully saturated rings. The van der Waals surface area contributed by atoms with Crippen molar-refractivity contribution in [3.8, 4) is 5.75 Å². The molecule has 0 heterocycles. The van der Waals surface area contributed by atoms with Crippen LogP contribution in [0.5, 0.6) is 5.75 Å². The van der Waals surface area contributed by atoms with Crippen LogP contribution >= 0.6 is 0 Å². The molecule has 0 aliphatic carbocycles. The third-order valence-electron chi connectivity index (χ3n) is 3.73. The van der Waals surface area contributed by atoms with Crippen molar-refractivity contribution in [2.24, 2.45) is 10.2 Å². The van der Waals surface area contributed by atoms with E-state index in [1.165, 1.54) is 24.8 Å². The van der Waals surface area contributed by atoms with Crippen LogP contribution in [0.15, 0.2) is 58.8 Å². The van der Waals surface area contributed by atoms with Crippen LogP contribution in [0.25, 0.3) is 0 Å². The van der Waals surface area contributed by atoms with E-state index >= 15 is 0 Å². The molecule has 2 rings (SSSR count). The molecule has 0 saturated heterocycles. The smallest absolute Gasteiger partial charge is 0.119 e. The van der Waals surface area contributed by atoms with Crippen LogP contribution in [-0.2, 0) is 6.42 Å². The molecule has 0 aliphatic rings. The number of benzene rings is 2. The van der Waals surface area contributed by atoms with E-state index < -0.39 is 0 Å². The Bertz CT molecular complexity index is 588. The lowest BCUT2D eigenvalue weighted by atomic mass is 10.2. The first-order valence-corrected chi connectivity index (χ1v) is 8.55. The number of hydrogen-bond donors (Lipinski definition) is 0. The Kier molecular flexibility index (Phi) is 7.31. The third-order valence-corrected chi connectivity index (χ3v) is 3.73. The molecule has 0 saturated carbocycles. The Hall–Kier alpha value is -2.16. The molecular formula is C20H26N2O. The monoisotopic (exact) mass is 310 g/mol. The van der Waals surface area contributed by atoms with Crippen molar-refractivity contribution in [3.63, 3.8) is 0 Å². The minimum Gasteiger partial charge on any atom is -0.494 e. The number of ether oxygens (including phenoxy) is 1. The third kappa shape index (κ3) is 6.23. The number of azo groups is 1. The van der Waals surface area contributed by atoms with Gasteiger partial charge in [-0.25, -0.2) is 0 Å². The summed E-state index contributed by atoms with van der Waals surface area (Å²) in [6.07, 6.45) is 5.92. The Morgan fingerprint density at radius 2 is 1.35 bits per heavy atom. The highest BCUT2D eigenvalue weighted by Crippen LogP contribution is 2.21. The number of unbranched alkanes of at least 4 members (excludes halogenated alkanes) is 3. The molecule has 0 atom stereocenters. The Morgan fingerprint density at radius 1 is 0.739 bits per heavy atom. The Labute approximate surface area is 139 Å². The summed E-state index contributed by atoms with van der Waals surface area (Å²) < 4.78 is 5.72. The van der Waals surface area contributed by atoms with Gasteiger partial charge in [-0.3, -0.25) is 0 Å². The predicted octanol–water partition coefficient (Wildman–Crippen LogP) is 6.62. The van der Waals surface area contributed by atoms with E-state index in [0.717, 1.165) is 36.6 Å². The van der Waals surface area contributed by atoms with Crippen molar-refractivity contribution >= 4 is 11.4 Å². The molecule has 2 aromatic rings. The fourth-order valence-electron chi connectivity index (χ4n) is 2.24. The molecule has 0 spiro atoms. The summed E-state index contributed by atoms with van der Waals surface area (Å²) in [5, 5.41) is 8.52. The molecule has 0 N–H and O–H groups in total. The van der Waals surface area contributed by atoms with E-state index in [1.54, 1.807) is 0 Å². The molecule has 23 heavy (non-hydrogen) atoms. The number of rotatable bonds is 9. The van der Waals surface area contributed by atoms with Crippen molar-refractivity contribution in [2.75, 3.05) is 6.61 Å². The van der Waals surface area contributed by atoms with Gasteiger partial charge in [-0.05, 0) is 54.8 Å². The van der Waals surface area contributed by atoms with Crippen molar-refractivity contribution in [3.05, 3.63) is 54.1 Å². The average Bonchev–Trinajstić information content (AvgIpc) is 2.61. The number of hydrogen-bond acceptors (Lipinski definition) is 3. The van der Waals surface area contributed by atoms with Crippen LogP contribution < -0.4 is 4.74 Å². The molecular weight excluding hydrogens is 284 g/mol. The highest BCUT2D eigenvalue weighted by molar-refractivity contribution is 5.43. The lowest BCUT2D eigenvalue weighted by Gasteiger charge is -2.05. The van der Waals surface area contributed by atoms with Gasteiger partial charge >= 0.3 is 0 Å². The van der Waals surface area contributed by atoms with Gasteiger partial charge in [0.25, 0.3) is 0 Å². The first-order chi connectivity index (χ1) is 11.3. The summed E-state index contributed by atoms with van der Waals surface area (Å²) >= 11 is 0. The SMILES string of the molecule is CCCCCCOc1ccc(N=Nc2ccc(CC)cc2)cc1. The zero-order valence-corrected chi connectivity index (χ0v) is 14.2. The van der Waals surface area contributed by atoms with Gasteiger partial charge in [-0.15, -0.1) is 0 Å². The van der Waals surface area contributed by atoms with Gasteiger partial charge in [0, 0.05) is 0 Å². The molecule has 0 radical (unpaired) electrons. The normalized spacial score (nSPS) is 11.0. The van der Waals surface area contributed by atoms with E-state index in [4.69, 9.17) is 4.74 Å². The van der Waals surface area contributed by atoms with E-state index in [1.807, 2.05) is 36.4 Å². The van der Waals surface area contributed by atoms with Gasteiger partial charge in [0.15, 0.2) is 0 Å².